The lowest BCUT2D eigenvalue weighted by atomic mass is 10.2. The van der Waals surface area contributed by atoms with Crippen molar-refractivity contribution >= 4 is 28.5 Å². The number of benzene rings is 1. The molecule has 0 aliphatic carbocycles. The molecule has 1 amide bonds. The Balaban J connectivity index is 2.14. The molecule has 5 heteroatoms. The van der Waals surface area contributed by atoms with E-state index in [1.165, 1.54) is 11.8 Å². The first-order valence-corrected chi connectivity index (χ1v) is 7.83. The standard InChI is InChI=1S/C15H19N3OS/c1-3-13(4-2)16-17-15-18(14(19)11-20-15)10-12-8-6-5-7-9-12/h5-9H,3-4,10-11H2,1-2H3/b17-15+. The van der Waals surface area contributed by atoms with Gasteiger partial charge in [-0.05, 0) is 18.4 Å². The SMILES string of the molecule is CCC(CC)=N/N=C1/SCC(=O)N1Cc1ccccc1. The molecule has 1 aromatic rings. The van der Waals surface area contributed by atoms with Gasteiger partial charge in [-0.3, -0.25) is 9.69 Å². The molecule has 0 unspecified atom stereocenters. The molecule has 0 aromatic heterocycles. The van der Waals surface area contributed by atoms with Crippen LogP contribution in [0.15, 0.2) is 40.5 Å². The first kappa shape index (κ1) is 14.8. The highest BCUT2D eigenvalue weighted by atomic mass is 32.2. The van der Waals surface area contributed by atoms with Crippen molar-refractivity contribution < 1.29 is 4.79 Å². The molecule has 0 saturated carbocycles. The molecule has 1 aliphatic heterocycles. The Kier molecular flexibility index (Phi) is 5.35. The lowest BCUT2D eigenvalue weighted by molar-refractivity contribution is -0.124. The summed E-state index contributed by atoms with van der Waals surface area (Å²) in [6.07, 6.45) is 1.79. The van der Waals surface area contributed by atoms with Crippen LogP contribution in [-0.4, -0.2) is 27.4 Å². The van der Waals surface area contributed by atoms with E-state index in [0.29, 0.717) is 17.5 Å². The van der Waals surface area contributed by atoms with E-state index in [1.807, 2.05) is 30.3 Å². The molecule has 1 saturated heterocycles. The van der Waals surface area contributed by atoms with E-state index in [2.05, 4.69) is 24.1 Å². The first-order chi connectivity index (χ1) is 9.74. The van der Waals surface area contributed by atoms with Crippen LogP contribution >= 0.6 is 11.8 Å². The fourth-order valence-corrected chi connectivity index (χ4v) is 2.73. The van der Waals surface area contributed by atoms with E-state index in [1.54, 1.807) is 4.90 Å². The van der Waals surface area contributed by atoms with Gasteiger partial charge in [-0.2, -0.15) is 5.10 Å². The summed E-state index contributed by atoms with van der Waals surface area (Å²) in [5.41, 5.74) is 2.16. The molecular weight excluding hydrogens is 270 g/mol. The summed E-state index contributed by atoms with van der Waals surface area (Å²) in [7, 11) is 0. The Morgan fingerprint density at radius 1 is 1.25 bits per heavy atom. The van der Waals surface area contributed by atoms with Crippen LogP contribution in [0.2, 0.25) is 0 Å². The summed E-state index contributed by atoms with van der Waals surface area (Å²) < 4.78 is 0. The number of hydrogen-bond donors (Lipinski definition) is 0. The third kappa shape index (κ3) is 3.70. The Hall–Kier alpha value is -1.62. The monoisotopic (exact) mass is 289 g/mol. The van der Waals surface area contributed by atoms with Crippen LogP contribution in [0, 0.1) is 0 Å². The van der Waals surface area contributed by atoms with Crippen LogP contribution in [0.1, 0.15) is 32.3 Å². The number of amides is 1. The molecule has 1 aromatic carbocycles. The second kappa shape index (κ2) is 7.24. The van der Waals surface area contributed by atoms with Crippen molar-refractivity contribution in [3.63, 3.8) is 0 Å². The minimum absolute atomic E-state index is 0.0994. The predicted molar refractivity (Wildman–Crippen MR) is 84.9 cm³/mol. The molecule has 0 bridgehead atoms. The van der Waals surface area contributed by atoms with Gasteiger partial charge in [0.15, 0.2) is 5.17 Å². The van der Waals surface area contributed by atoms with Gasteiger partial charge in [0.25, 0.3) is 0 Å². The maximum Gasteiger partial charge on any atom is 0.239 e. The summed E-state index contributed by atoms with van der Waals surface area (Å²) in [5, 5.41) is 9.23. The van der Waals surface area contributed by atoms with Gasteiger partial charge in [0.05, 0.1) is 12.3 Å². The number of hydrogen-bond acceptors (Lipinski definition) is 4. The largest absolute Gasteiger partial charge is 0.285 e. The second-order valence-corrected chi connectivity index (χ2v) is 5.45. The van der Waals surface area contributed by atoms with Crippen LogP contribution in [0.25, 0.3) is 0 Å². The minimum atomic E-state index is 0.0994. The molecule has 2 rings (SSSR count). The lowest BCUT2D eigenvalue weighted by Crippen LogP contribution is -2.28. The molecule has 1 aliphatic rings. The van der Waals surface area contributed by atoms with Crippen molar-refractivity contribution in [3.05, 3.63) is 35.9 Å². The predicted octanol–water partition coefficient (Wildman–Crippen LogP) is 3.29. The fourth-order valence-electron chi connectivity index (χ4n) is 1.90. The van der Waals surface area contributed by atoms with Gasteiger partial charge in [-0.15, -0.1) is 5.10 Å². The minimum Gasteiger partial charge on any atom is -0.285 e. The average Bonchev–Trinajstić information content (AvgIpc) is 2.82. The molecule has 0 radical (unpaired) electrons. The molecular formula is C15H19N3OS. The van der Waals surface area contributed by atoms with E-state index >= 15 is 0 Å². The zero-order chi connectivity index (χ0) is 14.4. The fraction of sp³-hybridized carbons (Fsp3) is 0.400. The van der Waals surface area contributed by atoms with Crippen molar-refractivity contribution in [3.8, 4) is 0 Å². The van der Waals surface area contributed by atoms with Crippen molar-refractivity contribution in [1.29, 1.82) is 0 Å². The third-order valence-corrected chi connectivity index (χ3v) is 4.08. The molecule has 1 fully saturated rings. The van der Waals surface area contributed by atoms with Gasteiger partial charge in [-0.25, -0.2) is 0 Å². The Bertz CT molecular complexity index is 519. The van der Waals surface area contributed by atoms with Crippen LogP contribution in [0.3, 0.4) is 0 Å². The molecule has 106 valence electrons. The molecule has 0 spiro atoms. The van der Waals surface area contributed by atoms with Gasteiger partial charge in [-0.1, -0.05) is 55.9 Å². The Morgan fingerprint density at radius 3 is 2.60 bits per heavy atom. The van der Waals surface area contributed by atoms with Gasteiger partial charge >= 0.3 is 0 Å². The van der Waals surface area contributed by atoms with Crippen LogP contribution < -0.4 is 0 Å². The number of amidine groups is 1. The average molecular weight is 289 g/mol. The zero-order valence-electron chi connectivity index (χ0n) is 11.9. The number of carbonyl (C=O) groups excluding carboxylic acids is 1. The molecule has 0 atom stereocenters. The van der Waals surface area contributed by atoms with Crippen LogP contribution in [0.4, 0.5) is 0 Å². The number of nitrogens with zero attached hydrogens (tertiary/aromatic N) is 3. The maximum absolute atomic E-state index is 11.9. The molecule has 0 N–H and O–H groups in total. The van der Waals surface area contributed by atoms with Crippen LogP contribution in [-0.2, 0) is 11.3 Å². The highest BCUT2D eigenvalue weighted by Gasteiger charge is 2.28. The summed E-state index contributed by atoms with van der Waals surface area (Å²) in [6.45, 7) is 4.70. The van der Waals surface area contributed by atoms with Crippen LogP contribution in [0.5, 0.6) is 0 Å². The third-order valence-electron chi connectivity index (χ3n) is 3.13. The number of rotatable bonds is 5. The van der Waals surface area contributed by atoms with Gasteiger partial charge in [0.2, 0.25) is 5.91 Å². The summed E-state index contributed by atoms with van der Waals surface area (Å²) in [4.78, 5) is 13.7. The smallest absolute Gasteiger partial charge is 0.239 e. The Morgan fingerprint density at radius 2 is 1.95 bits per heavy atom. The van der Waals surface area contributed by atoms with Crippen molar-refractivity contribution in [2.45, 2.75) is 33.2 Å². The van der Waals surface area contributed by atoms with E-state index in [0.717, 1.165) is 24.1 Å². The number of thioether (sulfide) groups is 1. The lowest BCUT2D eigenvalue weighted by Gasteiger charge is -2.15. The summed E-state index contributed by atoms with van der Waals surface area (Å²) in [6, 6.07) is 9.95. The van der Waals surface area contributed by atoms with E-state index in [-0.39, 0.29) is 5.91 Å². The van der Waals surface area contributed by atoms with E-state index in [9.17, 15) is 4.79 Å². The summed E-state index contributed by atoms with van der Waals surface area (Å²) in [5.74, 6) is 0.553. The quantitative estimate of drug-likeness (QED) is 0.616. The Labute approximate surface area is 124 Å². The van der Waals surface area contributed by atoms with Gasteiger partial charge in [0.1, 0.15) is 0 Å². The molecule has 1 heterocycles. The van der Waals surface area contributed by atoms with Crippen molar-refractivity contribution in [2.75, 3.05) is 5.75 Å². The number of carbonyl (C=O) groups is 1. The second-order valence-electron chi connectivity index (χ2n) is 4.51. The van der Waals surface area contributed by atoms with Gasteiger partial charge in [0, 0.05) is 5.71 Å². The zero-order valence-corrected chi connectivity index (χ0v) is 12.7. The molecule has 4 nitrogen and oxygen atoms in total. The highest BCUT2D eigenvalue weighted by Crippen LogP contribution is 2.22. The van der Waals surface area contributed by atoms with E-state index < -0.39 is 0 Å². The van der Waals surface area contributed by atoms with Crippen molar-refractivity contribution in [2.24, 2.45) is 10.2 Å². The highest BCUT2D eigenvalue weighted by molar-refractivity contribution is 8.15. The topological polar surface area (TPSA) is 45.0 Å². The first-order valence-electron chi connectivity index (χ1n) is 6.85. The normalized spacial score (nSPS) is 16.8. The maximum atomic E-state index is 11.9. The van der Waals surface area contributed by atoms with E-state index in [4.69, 9.17) is 0 Å². The van der Waals surface area contributed by atoms with Gasteiger partial charge < -0.3 is 0 Å². The molecule has 20 heavy (non-hydrogen) atoms. The summed E-state index contributed by atoms with van der Waals surface area (Å²) >= 11 is 1.46. The van der Waals surface area contributed by atoms with Crippen molar-refractivity contribution in [1.82, 2.24) is 4.90 Å².